The normalized spacial score (nSPS) is 11.8. The molecule has 0 aromatic heterocycles. The van der Waals surface area contributed by atoms with E-state index in [-0.39, 0.29) is 24.3 Å². The Morgan fingerprint density at radius 2 is 1.61 bits per heavy atom. The van der Waals surface area contributed by atoms with Gasteiger partial charge in [0.2, 0.25) is 11.8 Å². The van der Waals surface area contributed by atoms with Crippen molar-refractivity contribution in [2.45, 2.75) is 45.3 Å². The summed E-state index contributed by atoms with van der Waals surface area (Å²) < 4.78 is 0.921. The molecule has 1 atom stereocenters. The van der Waals surface area contributed by atoms with E-state index in [1.165, 1.54) is 0 Å². The van der Waals surface area contributed by atoms with Gasteiger partial charge in [-0.1, -0.05) is 88.2 Å². The van der Waals surface area contributed by atoms with Crippen LogP contribution >= 0.6 is 27.5 Å². The van der Waals surface area contributed by atoms with E-state index in [4.69, 9.17) is 11.6 Å². The summed E-state index contributed by atoms with van der Waals surface area (Å²) in [6.07, 6.45) is 0.537. The highest BCUT2D eigenvalue weighted by Crippen LogP contribution is 2.21. The van der Waals surface area contributed by atoms with Gasteiger partial charge in [0.15, 0.2) is 0 Å². The van der Waals surface area contributed by atoms with Gasteiger partial charge in [-0.15, -0.1) is 0 Å². The van der Waals surface area contributed by atoms with Crippen molar-refractivity contribution in [2.24, 2.45) is 0 Å². The largest absolute Gasteiger partial charge is 0.352 e. The summed E-state index contributed by atoms with van der Waals surface area (Å²) in [6, 6.07) is 24.2. The highest BCUT2D eigenvalue weighted by Gasteiger charge is 2.31. The van der Waals surface area contributed by atoms with Gasteiger partial charge in [0.1, 0.15) is 6.04 Å². The average molecular weight is 528 g/mol. The zero-order chi connectivity index (χ0) is 23.8. The molecule has 6 heteroatoms. The third kappa shape index (κ3) is 7.44. The minimum Gasteiger partial charge on any atom is -0.352 e. The number of hydrogen-bond donors (Lipinski definition) is 1. The Bertz CT molecular complexity index is 1090. The number of rotatable bonds is 9. The smallest absolute Gasteiger partial charge is 0.243 e. The highest BCUT2D eigenvalue weighted by atomic mass is 79.9. The van der Waals surface area contributed by atoms with Crippen LogP contribution in [0.5, 0.6) is 0 Å². The molecule has 1 N–H and O–H groups in total. The van der Waals surface area contributed by atoms with Gasteiger partial charge in [-0.25, -0.2) is 0 Å². The van der Waals surface area contributed by atoms with Crippen molar-refractivity contribution in [3.8, 4) is 0 Å². The molecule has 172 valence electrons. The maximum absolute atomic E-state index is 13.7. The Hall–Kier alpha value is -2.63. The monoisotopic (exact) mass is 526 g/mol. The summed E-state index contributed by atoms with van der Waals surface area (Å²) in [5.74, 6) is -0.320. The molecule has 3 aromatic carbocycles. The van der Waals surface area contributed by atoms with Gasteiger partial charge in [0.05, 0.1) is 6.42 Å². The molecule has 3 aromatic rings. The van der Waals surface area contributed by atoms with Crippen LogP contribution in [0.3, 0.4) is 0 Å². The van der Waals surface area contributed by atoms with E-state index < -0.39 is 6.04 Å². The Labute approximate surface area is 209 Å². The van der Waals surface area contributed by atoms with Crippen LogP contribution in [0.2, 0.25) is 5.02 Å². The van der Waals surface area contributed by atoms with Crippen LogP contribution in [-0.2, 0) is 29.0 Å². The third-order valence-electron chi connectivity index (χ3n) is 5.24. The summed E-state index contributed by atoms with van der Waals surface area (Å²) >= 11 is 9.84. The molecule has 2 amide bonds. The van der Waals surface area contributed by atoms with Crippen LogP contribution in [0.25, 0.3) is 0 Å². The number of hydrogen-bond acceptors (Lipinski definition) is 2. The molecule has 33 heavy (non-hydrogen) atoms. The number of amides is 2. The first-order valence-electron chi connectivity index (χ1n) is 10.9. The zero-order valence-corrected chi connectivity index (χ0v) is 21.1. The van der Waals surface area contributed by atoms with Crippen LogP contribution in [0.1, 0.15) is 30.5 Å². The van der Waals surface area contributed by atoms with E-state index in [2.05, 4.69) is 21.2 Å². The van der Waals surface area contributed by atoms with Gasteiger partial charge >= 0.3 is 0 Å². The molecule has 3 rings (SSSR count). The first-order valence-corrected chi connectivity index (χ1v) is 12.1. The van der Waals surface area contributed by atoms with E-state index in [0.717, 1.165) is 21.2 Å². The molecule has 0 aliphatic heterocycles. The topological polar surface area (TPSA) is 49.4 Å². The Kier molecular flexibility index (Phi) is 9.10. The van der Waals surface area contributed by atoms with Crippen molar-refractivity contribution in [1.82, 2.24) is 10.2 Å². The molecule has 0 saturated heterocycles. The second-order valence-corrected chi connectivity index (χ2v) is 9.61. The van der Waals surface area contributed by atoms with Crippen LogP contribution in [-0.4, -0.2) is 28.8 Å². The van der Waals surface area contributed by atoms with Crippen LogP contribution in [0.15, 0.2) is 83.3 Å². The molecule has 0 spiro atoms. The van der Waals surface area contributed by atoms with Gasteiger partial charge in [0.25, 0.3) is 0 Å². The van der Waals surface area contributed by atoms with Crippen molar-refractivity contribution < 1.29 is 9.59 Å². The molecule has 0 radical (unpaired) electrons. The third-order valence-corrected chi connectivity index (χ3v) is 6.11. The lowest BCUT2D eigenvalue weighted by Gasteiger charge is -2.32. The molecule has 0 saturated carbocycles. The fourth-order valence-corrected chi connectivity index (χ4v) is 4.32. The van der Waals surface area contributed by atoms with Gasteiger partial charge < -0.3 is 10.2 Å². The maximum Gasteiger partial charge on any atom is 0.243 e. The molecular weight excluding hydrogens is 500 g/mol. The minimum atomic E-state index is -0.663. The Morgan fingerprint density at radius 1 is 0.939 bits per heavy atom. The lowest BCUT2D eigenvalue weighted by molar-refractivity contribution is -0.141. The molecule has 4 nitrogen and oxygen atoms in total. The molecule has 0 fully saturated rings. The van der Waals surface area contributed by atoms with Gasteiger partial charge in [-0.2, -0.15) is 0 Å². The predicted molar refractivity (Wildman–Crippen MR) is 137 cm³/mol. The average Bonchev–Trinajstić information content (AvgIpc) is 2.78. The lowest BCUT2D eigenvalue weighted by atomic mass is 10.0. The number of carbonyl (C=O) groups excluding carboxylic acids is 2. The number of nitrogens with zero attached hydrogens (tertiary/aromatic N) is 1. The van der Waals surface area contributed by atoms with Crippen molar-refractivity contribution in [1.29, 1.82) is 0 Å². The van der Waals surface area contributed by atoms with Crippen molar-refractivity contribution in [3.05, 3.63) is 105 Å². The van der Waals surface area contributed by atoms with Gasteiger partial charge in [0, 0.05) is 28.5 Å². The number of carbonyl (C=O) groups is 2. The van der Waals surface area contributed by atoms with Gasteiger partial charge in [-0.3, -0.25) is 9.59 Å². The van der Waals surface area contributed by atoms with Gasteiger partial charge in [-0.05, 0) is 48.7 Å². The fourth-order valence-electron chi connectivity index (χ4n) is 3.67. The molecule has 0 aliphatic carbocycles. The second-order valence-electron chi connectivity index (χ2n) is 8.29. The first-order chi connectivity index (χ1) is 15.8. The summed E-state index contributed by atoms with van der Waals surface area (Å²) in [5.41, 5.74) is 2.67. The standard InChI is InChI=1S/C27H28BrClN2O2/c1-19(2)30-27(33)25(16-20-9-4-3-5-10-20)31(18-21-11-8-13-23(28)15-21)26(32)17-22-12-6-7-14-24(22)29/h3-15,19,25H,16-18H2,1-2H3,(H,30,33)/t25-/m0/s1. The number of benzene rings is 3. The highest BCUT2D eigenvalue weighted by molar-refractivity contribution is 9.10. The number of halogens is 2. The van der Waals surface area contributed by atoms with Crippen LogP contribution in [0, 0.1) is 0 Å². The SMILES string of the molecule is CC(C)NC(=O)[C@H](Cc1ccccc1)N(Cc1cccc(Br)c1)C(=O)Cc1ccccc1Cl. The summed E-state index contributed by atoms with van der Waals surface area (Å²) in [4.78, 5) is 28.7. The van der Waals surface area contributed by atoms with Crippen LogP contribution < -0.4 is 5.32 Å². The number of nitrogens with one attached hydrogen (secondary N) is 1. The van der Waals surface area contributed by atoms with E-state index in [0.29, 0.717) is 18.0 Å². The van der Waals surface area contributed by atoms with Crippen molar-refractivity contribution in [2.75, 3.05) is 0 Å². The van der Waals surface area contributed by atoms with Crippen LogP contribution in [0.4, 0.5) is 0 Å². The Morgan fingerprint density at radius 3 is 2.27 bits per heavy atom. The summed E-state index contributed by atoms with van der Waals surface area (Å²) in [5, 5.41) is 3.54. The maximum atomic E-state index is 13.7. The van der Waals surface area contributed by atoms with E-state index in [1.54, 1.807) is 11.0 Å². The molecule has 0 bridgehead atoms. The second kappa shape index (κ2) is 12.0. The Balaban J connectivity index is 1.98. The zero-order valence-electron chi connectivity index (χ0n) is 18.8. The molecular formula is C27H28BrClN2O2. The lowest BCUT2D eigenvalue weighted by Crippen LogP contribution is -2.52. The van der Waals surface area contributed by atoms with E-state index >= 15 is 0 Å². The predicted octanol–water partition coefficient (Wildman–Crippen LogP) is 5.81. The summed E-state index contributed by atoms with van der Waals surface area (Å²) in [6.45, 7) is 4.15. The quantitative estimate of drug-likeness (QED) is 0.382. The first kappa shape index (κ1) is 25.0. The van der Waals surface area contributed by atoms with E-state index in [1.807, 2.05) is 86.6 Å². The fraction of sp³-hybridized carbons (Fsp3) is 0.259. The van der Waals surface area contributed by atoms with Crippen molar-refractivity contribution in [3.63, 3.8) is 0 Å². The van der Waals surface area contributed by atoms with E-state index in [9.17, 15) is 9.59 Å². The molecule has 0 heterocycles. The summed E-state index contributed by atoms with van der Waals surface area (Å²) in [7, 11) is 0. The molecule has 0 aliphatic rings. The van der Waals surface area contributed by atoms with Crippen molar-refractivity contribution >= 4 is 39.3 Å². The minimum absolute atomic E-state index is 0.0397. The molecule has 0 unspecified atom stereocenters.